The van der Waals surface area contributed by atoms with Crippen molar-refractivity contribution < 1.29 is 4.43 Å². The van der Waals surface area contributed by atoms with Crippen molar-refractivity contribution in [1.29, 1.82) is 0 Å². The van der Waals surface area contributed by atoms with Gasteiger partial charge in [-0.3, -0.25) is 0 Å². The van der Waals surface area contributed by atoms with Gasteiger partial charge in [0.1, 0.15) is 10.8 Å². The second-order valence-corrected chi connectivity index (χ2v) is 12.6. The van der Waals surface area contributed by atoms with Gasteiger partial charge in [-0.2, -0.15) is 0 Å². The summed E-state index contributed by atoms with van der Waals surface area (Å²) in [6, 6.07) is 6.22. The minimum absolute atomic E-state index is 0.219. The second kappa shape index (κ2) is 5.18. The van der Waals surface area contributed by atoms with E-state index in [1.165, 1.54) is 4.70 Å². The molecule has 19 heavy (non-hydrogen) atoms. The normalized spacial score (nSPS) is 12.9. The number of nitrogens with zero attached hydrogens (tertiary/aromatic N) is 1. The minimum Gasteiger partial charge on any atom is -0.543 e. The van der Waals surface area contributed by atoms with Crippen LogP contribution in [0.15, 0.2) is 18.2 Å². The van der Waals surface area contributed by atoms with E-state index in [2.05, 4.69) is 66.9 Å². The minimum atomic E-state index is -1.76. The highest BCUT2D eigenvalue weighted by Crippen LogP contribution is 2.38. The van der Waals surface area contributed by atoms with Gasteiger partial charge in [-0.25, -0.2) is 4.98 Å². The van der Waals surface area contributed by atoms with Crippen molar-refractivity contribution in [2.24, 2.45) is 0 Å². The first kappa shape index (κ1) is 15.0. The molecule has 2 rings (SSSR count). The van der Waals surface area contributed by atoms with Crippen molar-refractivity contribution in [2.45, 2.75) is 44.2 Å². The van der Waals surface area contributed by atoms with Gasteiger partial charge in [-0.1, -0.05) is 36.7 Å². The average Bonchev–Trinajstić information content (AvgIpc) is 2.69. The van der Waals surface area contributed by atoms with Crippen LogP contribution in [0.4, 0.5) is 0 Å². The molecule has 5 heteroatoms. The number of thiazole rings is 1. The Morgan fingerprint density at radius 1 is 1.32 bits per heavy atom. The average molecular weight is 358 g/mol. The van der Waals surface area contributed by atoms with E-state index in [-0.39, 0.29) is 5.04 Å². The number of halogens is 1. The van der Waals surface area contributed by atoms with E-state index in [1.54, 1.807) is 11.3 Å². The first-order chi connectivity index (χ1) is 8.73. The molecule has 0 unspecified atom stereocenters. The van der Waals surface area contributed by atoms with Gasteiger partial charge in [-0.05, 0) is 36.3 Å². The molecule has 1 aromatic heterocycles. The number of benzene rings is 1. The lowest BCUT2D eigenvalue weighted by Gasteiger charge is -2.36. The van der Waals surface area contributed by atoms with Crippen molar-refractivity contribution in [2.75, 3.05) is 0 Å². The maximum Gasteiger partial charge on any atom is 0.250 e. The van der Waals surface area contributed by atoms with E-state index in [4.69, 9.17) is 4.43 Å². The first-order valence-electron chi connectivity index (χ1n) is 6.37. The van der Waals surface area contributed by atoms with Crippen LogP contribution in [0.1, 0.15) is 25.8 Å². The molecular weight excluding hydrogens is 338 g/mol. The van der Waals surface area contributed by atoms with E-state index in [0.29, 0.717) is 0 Å². The topological polar surface area (TPSA) is 22.1 Å². The molecule has 0 spiro atoms. The lowest BCUT2D eigenvalue weighted by molar-refractivity contribution is 0.493. The van der Waals surface area contributed by atoms with Crippen LogP contribution in [0.2, 0.25) is 18.1 Å². The van der Waals surface area contributed by atoms with Gasteiger partial charge < -0.3 is 4.43 Å². The summed E-state index contributed by atoms with van der Waals surface area (Å²) in [4.78, 5) is 4.54. The molecule has 0 saturated heterocycles. The molecule has 0 bridgehead atoms. The van der Waals surface area contributed by atoms with Crippen molar-refractivity contribution in [3.63, 3.8) is 0 Å². The predicted molar refractivity (Wildman–Crippen MR) is 90.1 cm³/mol. The Balaban J connectivity index is 2.31. The quantitative estimate of drug-likeness (QED) is 0.528. The van der Waals surface area contributed by atoms with Crippen LogP contribution in [-0.2, 0) is 5.33 Å². The Bertz CT molecular complexity index is 589. The van der Waals surface area contributed by atoms with Crippen molar-refractivity contribution >= 4 is 45.8 Å². The van der Waals surface area contributed by atoms with Crippen LogP contribution in [0, 0.1) is 0 Å². The van der Waals surface area contributed by atoms with E-state index in [9.17, 15) is 0 Å². The van der Waals surface area contributed by atoms with Gasteiger partial charge in [0.15, 0.2) is 0 Å². The lowest BCUT2D eigenvalue weighted by Crippen LogP contribution is -2.43. The number of hydrogen-bond acceptors (Lipinski definition) is 3. The zero-order valence-electron chi connectivity index (χ0n) is 12.1. The molecule has 2 aromatic rings. The summed E-state index contributed by atoms with van der Waals surface area (Å²) >= 11 is 5.17. The SMILES string of the molecule is CC(C)(C)[Si](C)(C)Oc1ccc2nc(CBr)sc2c1. The summed E-state index contributed by atoms with van der Waals surface area (Å²) in [5, 5.41) is 2.14. The highest BCUT2D eigenvalue weighted by atomic mass is 79.9. The summed E-state index contributed by atoms with van der Waals surface area (Å²) in [6.45, 7) is 11.3. The molecule has 0 radical (unpaired) electrons. The zero-order chi connectivity index (χ0) is 14.3. The fourth-order valence-corrected chi connectivity index (χ4v) is 3.86. The summed E-state index contributed by atoms with van der Waals surface area (Å²) in [6.07, 6.45) is 0. The molecule has 0 amide bonds. The van der Waals surface area contributed by atoms with Crippen LogP contribution in [0.3, 0.4) is 0 Å². The Kier molecular flexibility index (Phi) is 4.09. The molecule has 0 aliphatic rings. The Hall–Kier alpha value is -0.393. The van der Waals surface area contributed by atoms with Crippen molar-refractivity contribution in [3.8, 4) is 5.75 Å². The molecule has 1 aromatic carbocycles. The fraction of sp³-hybridized carbons (Fsp3) is 0.500. The highest BCUT2D eigenvalue weighted by Gasteiger charge is 2.38. The van der Waals surface area contributed by atoms with Crippen LogP contribution < -0.4 is 4.43 Å². The molecule has 0 fully saturated rings. The summed E-state index contributed by atoms with van der Waals surface area (Å²) in [5.74, 6) is 0.976. The number of alkyl halides is 1. The van der Waals surface area contributed by atoms with Crippen LogP contribution in [0.5, 0.6) is 5.75 Å². The van der Waals surface area contributed by atoms with E-state index in [0.717, 1.165) is 21.6 Å². The third kappa shape index (κ3) is 3.20. The molecule has 1 heterocycles. The molecule has 0 aliphatic heterocycles. The third-order valence-corrected chi connectivity index (χ3v) is 9.98. The van der Waals surface area contributed by atoms with Crippen LogP contribution in [-0.4, -0.2) is 13.3 Å². The smallest absolute Gasteiger partial charge is 0.250 e. The third-order valence-electron chi connectivity index (χ3n) is 3.70. The van der Waals surface area contributed by atoms with Gasteiger partial charge in [-0.15, -0.1) is 11.3 Å². The summed E-state index contributed by atoms with van der Waals surface area (Å²) < 4.78 is 7.52. The predicted octanol–water partition coefficient (Wildman–Crippen LogP) is 5.58. The van der Waals surface area contributed by atoms with E-state index >= 15 is 0 Å². The fourth-order valence-electron chi connectivity index (χ4n) is 1.52. The van der Waals surface area contributed by atoms with Crippen molar-refractivity contribution in [3.05, 3.63) is 23.2 Å². The van der Waals surface area contributed by atoms with Crippen LogP contribution >= 0.6 is 27.3 Å². The van der Waals surface area contributed by atoms with Gasteiger partial charge in [0.05, 0.1) is 15.5 Å². The standard InChI is InChI=1S/C14H20BrNOSSi/c1-14(2,3)19(4,5)17-10-6-7-11-12(8-10)18-13(9-15)16-11/h6-8H,9H2,1-5H3. The number of fused-ring (bicyclic) bond motifs is 1. The summed E-state index contributed by atoms with van der Waals surface area (Å²) in [5.41, 5.74) is 1.06. The second-order valence-electron chi connectivity index (χ2n) is 6.23. The molecule has 2 nitrogen and oxygen atoms in total. The lowest BCUT2D eigenvalue weighted by atomic mass is 10.2. The molecule has 0 aliphatic carbocycles. The first-order valence-corrected chi connectivity index (χ1v) is 11.2. The van der Waals surface area contributed by atoms with Gasteiger partial charge in [0.2, 0.25) is 8.32 Å². The van der Waals surface area contributed by atoms with Gasteiger partial charge >= 0.3 is 0 Å². The van der Waals surface area contributed by atoms with E-state index in [1.807, 2.05) is 6.07 Å². The van der Waals surface area contributed by atoms with Gasteiger partial charge in [0, 0.05) is 0 Å². The highest BCUT2D eigenvalue weighted by molar-refractivity contribution is 9.08. The molecule has 0 N–H and O–H groups in total. The van der Waals surface area contributed by atoms with Gasteiger partial charge in [0.25, 0.3) is 0 Å². The monoisotopic (exact) mass is 357 g/mol. The molecule has 0 atom stereocenters. The Morgan fingerprint density at radius 3 is 2.58 bits per heavy atom. The van der Waals surface area contributed by atoms with Crippen LogP contribution in [0.25, 0.3) is 10.2 Å². The zero-order valence-corrected chi connectivity index (χ0v) is 15.5. The van der Waals surface area contributed by atoms with Crippen molar-refractivity contribution in [1.82, 2.24) is 4.98 Å². The maximum absolute atomic E-state index is 6.32. The molecule has 0 saturated carbocycles. The molecular formula is C14H20BrNOSSi. The number of hydrogen-bond donors (Lipinski definition) is 0. The van der Waals surface area contributed by atoms with E-state index < -0.39 is 8.32 Å². The maximum atomic E-state index is 6.32. The largest absolute Gasteiger partial charge is 0.543 e. The Morgan fingerprint density at radius 2 is 2.00 bits per heavy atom. The summed E-state index contributed by atoms with van der Waals surface area (Å²) in [7, 11) is -1.76. The number of aromatic nitrogens is 1. The Labute approximate surface area is 128 Å². The number of rotatable bonds is 3. The molecule has 104 valence electrons.